The van der Waals surface area contributed by atoms with Crippen molar-refractivity contribution < 1.29 is 27.8 Å². The van der Waals surface area contributed by atoms with Gasteiger partial charge in [-0.25, -0.2) is 14.4 Å². The maximum absolute atomic E-state index is 15.0. The molecule has 1 saturated heterocycles. The van der Waals surface area contributed by atoms with E-state index in [9.17, 15) is 9.18 Å². The minimum absolute atomic E-state index is 0.0624. The number of aromatic nitrogens is 2. The number of hydrogen-bond donors (Lipinski definition) is 1. The minimum atomic E-state index is -1.37. The number of carbonyl (C=O) groups excluding carboxylic acids is 1. The SMILES string of the molecule is C=CC(=O)N1CC[C@H](Oc2cc3c(Nc4cc(-c5ccco5)ccc4OC)ncnc3cc2OC)[C@H](F)C1. The van der Waals surface area contributed by atoms with Gasteiger partial charge in [-0.05, 0) is 42.5 Å². The van der Waals surface area contributed by atoms with Crippen LogP contribution >= 0.6 is 0 Å². The second kappa shape index (κ2) is 10.8. The maximum atomic E-state index is 15.0. The number of rotatable bonds is 8. The molecule has 0 saturated carbocycles. The van der Waals surface area contributed by atoms with Crippen molar-refractivity contribution in [3.05, 3.63) is 67.7 Å². The van der Waals surface area contributed by atoms with Crippen LogP contribution in [0.4, 0.5) is 15.9 Å². The number of piperidine rings is 1. The van der Waals surface area contributed by atoms with Crippen LogP contribution in [0.2, 0.25) is 0 Å². The molecule has 2 aromatic heterocycles. The number of furan rings is 1. The standard InChI is InChI=1S/C28H27FN4O5/c1-4-27(34)33-10-9-23(19(29)15-33)38-26-13-18-20(14-25(26)36-3)30-16-31-28(18)32-21-12-17(7-8-24(21)35-2)22-6-5-11-37-22/h4-8,11-14,16,19,23H,1,9-10,15H2,2-3H3,(H,30,31,32)/t19-,23+/m1/s1. The summed E-state index contributed by atoms with van der Waals surface area (Å²) in [4.78, 5) is 22.1. The fourth-order valence-electron chi connectivity index (χ4n) is 4.45. The van der Waals surface area contributed by atoms with Gasteiger partial charge >= 0.3 is 0 Å². The van der Waals surface area contributed by atoms with Gasteiger partial charge in [0, 0.05) is 30.0 Å². The van der Waals surface area contributed by atoms with Gasteiger partial charge in [-0.3, -0.25) is 4.79 Å². The molecule has 196 valence electrons. The molecule has 0 unspecified atom stereocenters. The largest absolute Gasteiger partial charge is 0.495 e. The molecule has 1 aliphatic heterocycles. The number of carbonyl (C=O) groups is 1. The van der Waals surface area contributed by atoms with Crippen LogP contribution in [-0.2, 0) is 4.79 Å². The maximum Gasteiger partial charge on any atom is 0.246 e. The van der Waals surface area contributed by atoms with Gasteiger partial charge in [0.25, 0.3) is 0 Å². The molecule has 2 aromatic carbocycles. The van der Waals surface area contributed by atoms with Gasteiger partial charge in [-0.2, -0.15) is 0 Å². The third kappa shape index (κ3) is 4.97. The van der Waals surface area contributed by atoms with Crippen molar-refractivity contribution in [1.29, 1.82) is 0 Å². The number of ether oxygens (including phenoxy) is 3. The van der Waals surface area contributed by atoms with E-state index in [2.05, 4.69) is 21.9 Å². The van der Waals surface area contributed by atoms with Crippen molar-refractivity contribution in [3.63, 3.8) is 0 Å². The van der Waals surface area contributed by atoms with Crippen LogP contribution in [0.15, 0.2) is 72.1 Å². The number of alkyl halides is 1. The van der Waals surface area contributed by atoms with Crippen molar-refractivity contribution in [2.24, 2.45) is 0 Å². The van der Waals surface area contributed by atoms with Crippen LogP contribution in [-0.4, -0.2) is 60.4 Å². The first-order valence-corrected chi connectivity index (χ1v) is 12.0. The van der Waals surface area contributed by atoms with Crippen LogP contribution in [0, 0.1) is 0 Å². The van der Waals surface area contributed by atoms with Gasteiger partial charge in [0.1, 0.15) is 29.8 Å². The number of nitrogens with one attached hydrogen (secondary N) is 1. The molecule has 1 fully saturated rings. The summed E-state index contributed by atoms with van der Waals surface area (Å²) in [5, 5.41) is 3.97. The topological polar surface area (TPSA) is 99.0 Å². The fraction of sp³-hybridized carbons (Fsp3) is 0.250. The third-order valence-corrected chi connectivity index (χ3v) is 6.43. The number of methoxy groups -OCH3 is 2. The summed E-state index contributed by atoms with van der Waals surface area (Å²) < 4.78 is 37.7. The van der Waals surface area contributed by atoms with E-state index >= 15 is 0 Å². The number of benzene rings is 2. The van der Waals surface area contributed by atoms with Crippen molar-refractivity contribution in [1.82, 2.24) is 14.9 Å². The number of hydrogen-bond acceptors (Lipinski definition) is 8. The molecule has 1 amide bonds. The lowest BCUT2D eigenvalue weighted by Gasteiger charge is -2.34. The summed E-state index contributed by atoms with van der Waals surface area (Å²) in [6.07, 6.45) is 2.45. The monoisotopic (exact) mass is 518 g/mol. The molecule has 1 N–H and O–H groups in total. The van der Waals surface area contributed by atoms with Crippen LogP contribution in [0.3, 0.4) is 0 Å². The van der Waals surface area contributed by atoms with Crippen molar-refractivity contribution in [3.8, 4) is 28.6 Å². The molecular formula is C28H27FN4O5. The smallest absolute Gasteiger partial charge is 0.246 e. The molecule has 38 heavy (non-hydrogen) atoms. The number of halogens is 1. The molecule has 5 rings (SSSR count). The summed E-state index contributed by atoms with van der Waals surface area (Å²) in [7, 11) is 3.10. The normalized spacial score (nSPS) is 17.2. The van der Waals surface area contributed by atoms with E-state index in [0.717, 1.165) is 5.56 Å². The Morgan fingerprint density at radius 3 is 2.71 bits per heavy atom. The van der Waals surface area contributed by atoms with E-state index in [1.165, 1.54) is 24.4 Å². The molecule has 1 aliphatic rings. The Bertz CT molecular complexity index is 1460. The van der Waals surface area contributed by atoms with Crippen LogP contribution in [0.1, 0.15) is 6.42 Å². The van der Waals surface area contributed by atoms with E-state index in [0.29, 0.717) is 58.4 Å². The predicted octanol–water partition coefficient (Wildman–Crippen LogP) is 5.15. The number of nitrogens with zero attached hydrogens (tertiary/aromatic N) is 3. The molecule has 0 spiro atoms. The van der Waals surface area contributed by atoms with Gasteiger partial charge in [0.05, 0.1) is 38.2 Å². The molecule has 4 aromatic rings. The lowest BCUT2D eigenvalue weighted by atomic mass is 10.1. The highest BCUT2D eigenvalue weighted by molar-refractivity contribution is 5.93. The predicted molar refractivity (Wildman–Crippen MR) is 141 cm³/mol. The van der Waals surface area contributed by atoms with Crippen LogP contribution in [0.25, 0.3) is 22.2 Å². The first-order chi connectivity index (χ1) is 18.5. The Balaban J connectivity index is 1.47. The Kier molecular flexibility index (Phi) is 7.12. The zero-order valence-electron chi connectivity index (χ0n) is 21.0. The Hall–Kier alpha value is -4.60. The second-order valence-corrected chi connectivity index (χ2v) is 8.71. The lowest BCUT2D eigenvalue weighted by Crippen LogP contribution is -2.48. The molecule has 10 heteroatoms. The number of fused-ring (bicyclic) bond motifs is 1. The van der Waals surface area contributed by atoms with E-state index in [1.54, 1.807) is 25.5 Å². The quantitative estimate of drug-likeness (QED) is 0.320. The number of amides is 1. The van der Waals surface area contributed by atoms with E-state index in [4.69, 9.17) is 18.6 Å². The fourth-order valence-corrected chi connectivity index (χ4v) is 4.45. The van der Waals surface area contributed by atoms with Gasteiger partial charge < -0.3 is 28.8 Å². The summed E-state index contributed by atoms with van der Waals surface area (Å²) in [6, 6.07) is 12.8. The zero-order valence-corrected chi connectivity index (χ0v) is 21.0. The summed E-state index contributed by atoms with van der Waals surface area (Å²) in [6.45, 7) is 3.78. The summed E-state index contributed by atoms with van der Waals surface area (Å²) in [5.74, 6) is 2.29. The van der Waals surface area contributed by atoms with E-state index < -0.39 is 12.3 Å². The zero-order chi connectivity index (χ0) is 26.6. The van der Waals surface area contributed by atoms with Crippen molar-refractivity contribution >= 4 is 28.3 Å². The number of anilines is 2. The molecule has 0 radical (unpaired) electrons. The van der Waals surface area contributed by atoms with Crippen LogP contribution in [0.5, 0.6) is 17.2 Å². The minimum Gasteiger partial charge on any atom is -0.495 e. The van der Waals surface area contributed by atoms with Gasteiger partial charge in [0.2, 0.25) is 5.91 Å². The molecule has 9 nitrogen and oxygen atoms in total. The van der Waals surface area contributed by atoms with Gasteiger partial charge in [-0.1, -0.05) is 6.58 Å². The molecule has 3 heterocycles. The summed E-state index contributed by atoms with van der Waals surface area (Å²) in [5.41, 5.74) is 2.14. The van der Waals surface area contributed by atoms with E-state index in [1.807, 2.05) is 30.3 Å². The Morgan fingerprint density at radius 2 is 2.00 bits per heavy atom. The van der Waals surface area contributed by atoms with Crippen LogP contribution < -0.4 is 19.5 Å². The third-order valence-electron chi connectivity index (χ3n) is 6.43. The first-order valence-electron chi connectivity index (χ1n) is 12.0. The molecule has 2 atom stereocenters. The van der Waals surface area contributed by atoms with Gasteiger partial charge in [-0.15, -0.1) is 0 Å². The van der Waals surface area contributed by atoms with Gasteiger partial charge in [0.15, 0.2) is 17.7 Å². The Labute approximate surface area is 218 Å². The van der Waals surface area contributed by atoms with Crippen molar-refractivity contribution in [2.45, 2.75) is 18.7 Å². The average Bonchev–Trinajstić information content (AvgIpc) is 3.49. The highest BCUT2D eigenvalue weighted by Gasteiger charge is 2.33. The summed E-state index contributed by atoms with van der Waals surface area (Å²) >= 11 is 0. The highest BCUT2D eigenvalue weighted by atomic mass is 19.1. The second-order valence-electron chi connectivity index (χ2n) is 8.71. The molecule has 0 aliphatic carbocycles. The first kappa shape index (κ1) is 25.1. The van der Waals surface area contributed by atoms with Crippen molar-refractivity contribution in [2.75, 3.05) is 32.6 Å². The molecular weight excluding hydrogens is 491 g/mol. The highest BCUT2D eigenvalue weighted by Crippen LogP contribution is 2.38. The molecule has 0 bridgehead atoms. The number of likely N-dealkylation sites (tertiary alicyclic amines) is 1. The Morgan fingerprint density at radius 1 is 1.16 bits per heavy atom. The average molecular weight is 519 g/mol. The van der Waals surface area contributed by atoms with E-state index in [-0.39, 0.29) is 12.5 Å². The lowest BCUT2D eigenvalue weighted by molar-refractivity contribution is -0.129.